The Hall–Kier alpha value is -2.53. The monoisotopic (exact) mass is 358 g/mol. The van der Waals surface area contributed by atoms with E-state index in [1.54, 1.807) is 23.1 Å². The SMILES string of the molecule is COc1ccc(Cl)cc1N1CC(C(=O)Nc2ccc(C)cc2)CC1=O. The highest BCUT2D eigenvalue weighted by Gasteiger charge is 2.36. The van der Waals surface area contributed by atoms with Gasteiger partial charge in [-0.15, -0.1) is 0 Å². The summed E-state index contributed by atoms with van der Waals surface area (Å²) in [4.78, 5) is 26.5. The number of amides is 2. The van der Waals surface area contributed by atoms with Crippen molar-refractivity contribution in [2.45, 2.75) is 13.3 Å². The molecule has 5 nitrogen and oxygen atoms in total. The molecule has 2 amide bonds. The molecule has 2 aromatic carbocycles. The standard InChI is InChI=1S/C19H19ClN2O3/c1-12-3-6-15(7-4-12)21-19(24)13-9-18(23)22(11-13)16-10-14(20)5-8-17(16)25-2/h3-8,10,13H,9,11H2,1-2H3,(H,21,24). The molecule has 0 aliphatic carbocycles. The van der Waals surface area contributed by atoms with Crippen LogP contribution in [0.15, 0.2) is 42.5 Å². The molecular formula is C19H19ClN2O3. The highest BCUT2D eigenvalue weighted by molar-refractivity contribution is 6.31. The molecule has 1 fully saturated rings. The number of rotatable bonds is 4. The molecule has 1 N–H and O–H groups in total. The zero-order chi connectivity index (χ0) is 18.0. The van der Waals surface area contributed by atoms with Gasteiger partial charge in [-0.25, -0.2) is 0 Å². The molecule has 0 radical (unpaired) electrons. The number of aryl methyl sites for hydroxylation is 1. The van der Waals surface area contributed by atoms with Crippen LogP contribution in [0.4, 0.5) is 11.4 Å². The normalized spacial score (nSPS) is 16.8. The summed E-state index contributed by atoms with van der Waals surface area (Å²) in [6.07, 6.45) is 0.160. The van der Waals surface area contributed by atoms with Crippen molar-refractivity contribution in [3.8, 4) is 5.75 Å². The lowest BCUT2D eigenvalue weighted by Gasteiger charge is -2.20. The molecule has 3 rings (SSSR count). The van der Waals surface area contributed by atoms with E-state index in [2.05, 4.69) is 5.32 Å². The van der Waals surface area contributed by atoms with Gasteiger partial charge < -0.3 is 15.0 Å². The van der Waals surface area contributed by atoms with Crippen LogP contribution in [0.2, 0.25) is 5.02 Å². The molecule has 1 aliphatic heterocycles. The van der Waals surface area contributed by atoms with Crippen molar-refractivity contribution in [1.29, 1.82) is 0 Å². The van der Waals surface area contributed by atoms with Gasteiger partial charge in [-0.2, -0.15) is 0 Å². The second-order valence-corrected chi connectivity index (χ2v) is 6.51. The van der Waals surface area contributed by atoms with Crippen molar-refractivity contribution < 1.29 is 14.3 Å². The molecule has 6 heteroatoms. The first kappa shape index (κ1) is 17.3. The number of carbonyl (C=O) groups excluding carboxylic acids is 2. The average Bonchev–Trinajstić information content (AvgIpc) is 2.98. The molecule has 1 aliphatic rings. The zero-order valence-electron chi connectivity index (χ0n) is 14.1. The molecule has 2 aromatic rings. The number of nitrogens with one attached hydrogen (secondary N) is 1. The molecule has 0 saturated carbocycles. The van der Waals surface area contributed by atoms with Gasteiger partial charge in [0.05, 0.1) is 18.7 Å². The fourth-order valence-electron chi connectivity index (χ4n) is 2.87. The van der Waals surface area contributed by atoms with Crippen LogP contribution in [-0.4, -0.2) is 25.5 Å². The molecule has 25 heavy (non-hydrogen) atoms. The van der Waals surface area contributed by atoms with E-state index in [0.29, 0.717) is 23.0 Å². The van der Waals surface area contributed by atoms with Gasteiger partial charge >= 0.3 is 0 Å². The summed E-state index contributed by atoms with van der Waals surface area (Å²) < 4.78 is 5.31. The summed E-state index contributed by atoms with van der Waals surface area (Å²) in [5.74, 6) is -0.153. The van der Waals surface area contributed by atoms with Crippen LogP contribution in [0.3, 0.4) is 0 Å². The first-order valence-electron chi connectivity index (χ1n) is 7.99. The second-order valence-electron chi connectivity index (χ2n) is 6.08. The van der Waals surface area contributed by atoms with Crippen LogP contribution in [0, 0.1) is 12.8 Å². The van der Waals surface area contributed by atoms with Crippen molar-refractivity contribution in [1.82, 2.24) is 0 Å². The van der Waals surface area contributed by atoms with Crippen molar-refractivity contribution in [2.75, 3.05) is 23.9 Å². The lowest BCUT2D eigenvalue weighted by Crippen LogP contribution is -2.28. The first-order valence-corrected chi connectivity index (χ1v) is 8.37. The molecular weight excluding hydrogens is 340 g/mol. The Morgan fingerprint density at radius 3 is 2.64 bits per heavy atom. The zero-order valence-corrected chi connectivity index (χ0v) is 14.8. The van der Waals surface area contributed by atoms with Crippen molar-refractivity contribution in [3.63, 3.8) is 0 Å². The van der Waals surface area contributed by atoms with Crippen LogP contribution in [0.1, 0.15) is 12.0 Å². The summed E-state index contributed by atoms with van der Waals surface area (Å²) in [5, 5.41) is 3.38. The van der Waals surface area contributed by atoms with Crippen LogP contribution >= 0.6 is 11.6 Å². The third kappa shape index (κ3) is 3.77. The van der Waals surface area contributed by atoms with Gasteiger partial charge in [0.25, 0.3) is 0 Å². The Balaban J connectivity index is 1.75. The van der Waals surface area contributed by atoms with Crippen LogP contribution in [0.5, 0.6) is 5.75 Å². The first-order chi connectivity index (χ1) is 12.0. The van der Waals surface area contributed by atoms with Gasteiger partial charge in [-0.05, 0) is 37.3 Å². The lowest BCUT2D eigenvalue weighted by molar-refractivity contribution is -0.122. The van der Waals surface area contributed by atoms with Gasteiger partial charge in [0.2, 0.25) is 11.8 Å². The number of halogens is 1. The van der Waals surface area contributed by atoms with E-state index in [0.717, 1.165) is 11.3 Å². The maximum Gasteiger partial charge on any atom is 0.229 e. The van der Waals surface area contributed by atoms with E-state index in [4.69, 9.17) is 16.3 Å². The largest absolute Gasteiger partial charge is 0.495 e. The smallest absolute Gasteiger partial charge is 0.229 e. The number of methoxy groups -OCH3 is 1. The van der Waals surface area contributed by atoms with E-state index < -0.39 is 5.92 Å². The van der Waals surface area contributed by atoms with E-state index in [1.165, 1.54) is 7.11 Å². The van der Waals surface area contributed by atoms with Gasteiger partial charge in [-0.3, -0.25) is 9.59 Å². The van der Waals surface area contributed by atoms with Gasteiger partial charge in [0.15, 0.2) is 0 Å². The summed E-state index contributed by atoms with van der Waals surface area (Å²) >= 11 is 6.05. The predicted octanol–water partition coefficient (Wildman–Crippen LogP) is 3.65. The third-order valence-electron chi connectivity index (χ3n) is 4.25. The molecule has 1 heterocycles. The lowest BCUT2D eigenvalue weighted by atomic mass is 10.1. The van der Waals surface area contributed by atoms with Crippen molar-refractivity contribution in [2.24, 2.45) is 5.92 Å². The molecule has 0 aromatic heterocycles. The molecule has 1 unspecified atom stereocenters. The topological polar surface area (TPSA) is 58.6 Å². The number of nitrogens with zero attached hydrogens (tertiary/aromatic N) is 1. The van der Waals surface area contributed by atoms with Gasteiger partial charge in [0, 0.05) is 23.7 Å². The minimum Gasteiger partial charge on any atom is -0.495 e. The number of hydrogen-bond donors (Lipinski definition) is 1. The third-order valence-corrected chi connectivity index (χ3v) is 4.48. The fourth-order valence-corrected chi connectivity index (χ4v) is 3.04. The van der Waals surface area contributed by atoms with E-state index in [-0.39, 0.29) is 18.2 Å². The Morgan fingerprint density at radius 1 is 1.24 bits per heavy atom. The fraction of sp³-hybridized carbons (Fsp3) is 0.263. The van der Waals surface area contributed by atoms with Gasteiger partial charge in [-0.1, -0.05) is 29.3 Å². The Bertz CT molecular complexity index is 805. The van der Waals surface area contributed by atoms with Gasteiger partial charge in [0.1, 0.15) is 5.75 Å². The van der Waals surface area contributed by atoms with E-state index in [1.807, 2.05) is 31.2 Å². The maximum absolute atomic E-state index is 12.5. The van der Waals surface area contributed by atoms with Crippen LogP contribution in [0.25, 0.3) is 0 Å². The Morgan fingerprint density at radius 2 is 1.96 bits per heavy atom. The minimum atomic E-state index is -0.419. The molecule has 130 valence electrons. The van der Waals surface area contributed by atoms with Crippen LogP contribution < -0.4 is 15.0 Å². The number of carbonyl (C=O) groups is 2. The number of anilines is 2. The molecule has 1 atom stereocenters. The molecule has 0 bridgehead atoms. The Labute approximate surface area is 151 Å². The highest BCUT2D eigenvalue weighted by atomic mass is 35.5. The summed E-state index contributed by atoms with van der Waals surface area (Å²) in [6.45, 7) is 2.28. The summed E-state index contributed by atoms with van der Waals surface area (Å²) in [6, 6.07) is 12.6. The highest BCUT2D eigenvalue weighted by Crippen LogP contribution is 2.35. The molecule has 0 spiro atoms. The second kappa shape index (κ2) is 7.15. The van der Waals surface area contributed by atoms with Crippen molar-refractivity contribution in [3.05, 3.63) is 53.1 Å². The minimum absolute atomic E-state index is 0.121. The predicted molar refractivity (Wildman–Crippen MR) is 98.3 cm³/mol. The summed E-state index contributed by atoms with van der Waals surface area (Å²) in [7, 11) is 1.54. The average molecular weight is 359 g/mol. The Kier molecular flexibility index (Phi) is 4.95. The number of hydrogen-bond acceptors (Lipinski definition) is 3. The maximum atomic E-state index is 12.5. The summed E-state index contributed by atoms with van der Waals surface area (Å²) in [5.41, 5.74) is 2.43. The van der Waals surface area contributed by atoms with Crippen molar-refractivity contribution >= 4 is 34.8 Å². The van der Waals surface area contributed by atoms with E-state index in [9.17, 15) is 9.59 Å². The quantitative estimate of drug-likeness (QED) is 0.907. The number of ether oxygens (including phenoxy) is 1. The number of benzene rings is 2. The van der Waals surface area contributed by atoms with Crippen LogP contribution in [-0.2, 0) is 9.59 Å². The van der Waals surface area contributed by atoms with E-state index >= 15 is 0 Å². The molecule has 1 saturated heterocycles.